The number of nitrogens with zero attached hydrogens (tertiary/aromatic N) is 1. The topological polar surface area (TPSA) is 71.3 Å². The van der Waals surface area contributed by atoms with Crippen molar-refractivity contribution < 1.29 is 14.3 Å². The highest BCUT2D eigenvalue weighted by Gasteiger charge is 2.30. The van der Waals surface area contributed by atoms with Crippen molar-refractivity contribution in [3.63, 3.8) is 0 Å². The zero-order valence-corrected chi connectivity index (χ0v) is 15.0. The molecule has 0 radical (unpaired) electrons. The van der Waals surface area contributed by atoms with E-state index in [1.165, 1.54) is 6.42 Å². The first-order chi connectivity index (χ1) is 11.7. The number of methoxy groups -OCH3 is 2. The van der Waals surface area contributed by atoms with Crippen LogP contribution in [0.15, 0.2) is 23.1 Å². The number of ether oxygens (including phenoxy) is 2. The first-order valence-corrected chi connectivity index (χ1v) is 9.17. The summed E-state index contributed by atoms with van der Waals surface area (Å²) in [7, 11) is 3.25. The van der Waals surface area contributed by atoms with Crippen molar-refractivity contribution >= 4 is 17.7 Å². The van der Waals surface area contributed by atoms with E-state index < -0.39 is 0 Å². The number of carbonyl (C=O) groups excluding carboxylic acids is 1. The molecule has 1 aliphatic carbocycles. The minimum absolute atomic E-state index is 0.0137. The van der Waals surface area contributed by atoms with Gasteiger partial charge in [0.05, 0.1) is 20.3 Å². The molecule has 1 N–H and O–H groups in total. The number of hydrogen-bond acceptors (Lipinski definition) is 5. The largest absolute Gasteiger partial charge is 0.493 e. The van der Waals surface area contributed by atoms with Gasteiger partial charge in [0, 0.05) is 16.6 Å². The van der Waals surface area contributed by atoms with Gasteiger partial charge in [-0.25, -0.2) is 0 Å². The van der Waals surface area contributed by atoms with Crippen LogP contribution < -0.4 is 14.8 Å². The van der Waals surface area contributed by atoms with E-state index in [0.29, 0.717) is 11.7 Å². The monoisotopic (exact) mass is 348 g/mol. The summed E-state index contributed by atoms with van der Waals surface area (Å²) in [6, 6.07) is 7.86. The van der Waals surface area contributed by atoms with Crippen LogP contribution in [0, 0.1) is 23.2 Å². The summed E-state index contributed by atoms with van der Waals surface area (Å²) in [6.45, 7) is 0.0882. The van der Waals surface area contributed by atoms with E-state index in [1.807, 2.05) is 24.3 Å². The van der Waals surface area contributed by atoms with Gasteiger partial charge in [-0.2, -0.15) is 5.26 Å². The predicted molar refractivity (Wildman–Crippen MR) is 94.3 cm³/mol. The lowest BCUT2D eigenvalue weighted by Gasteiger charge is -2.30. The van der Waals surface area contributed by atoms with Gasteiger partial charge in [-0.1, -0.05) is 12.8 Å². The van der Waals surface area contributed by atoms with Gasteiger partial charge in [0.25, 0.3) is 0 Å². The molecule has 5 nitrogen and oxygen atoms in total. The van der Waals surface area contributed by atoms with Crippen molar-refractivity contribution in [3.8, 4) is 17.6 Å². The van der Waals surface area contributed by atoms with Crippen LogP contribution in [0.3, 0.4) is 0 Å². The fourth-order valence-corrected chi connectivity index (χ4v) is 4.28. The van der Waals surface area contributed by atoms with E-state index in [2.05, 4.69) is 5.32 Å². The summed E-state index contributed by atoms with van der Waals surface area (Å²) >= 11 is 1.74. The van der Waals surface area contributed by atoms with Gasteiger partial charge in [0.1, 0.15) is 6.54 Å². The average Bonchev–Trinajstić information content (AvgIpc) is 2.64. The van der Waals surface area contributed by atoms with Gasteiger partial charge in [0.2, 0.25) is 5.91 Å². The molecule has 0 saturated heterocycles. The van der Waals surface area contributed by atoms with E-state index in [-0.39, 0.29) is 18.4 Å². The van der Waals surface area contributed by atoms with E-state index in [1.54, 1.807) is 26.0 Å². The Balaban J connectivity index is 1.98. The third-order valence-electron chi connectivity index (χ3n) is 4.41. The molecule has 2 atom stereocenters. The quantitative estimate of drug-likeness (QED) is 0.605. The molecule has 24 heavy (non-hydrogen) atoms. The van der Waals surface area contributed by atoms with Crippen molar-refractivity contribution in [1.82, 2.24) is 5.32 Å². The number of hydrogen-bond donors (Lipinski definition) is 1. The third kappa shape index (κ3) is 4.81. The van der Waals surface area contributed by atoms with Gasteiger partial charge in [-0.15, -0.1) is 11.8 Å². The van der Waals surface area contributed by atoms with Crippen molar-refractivity contribution in [1.29, 1.82) is 5.26 Å². The van der Waals surface area contributed by atoms with Crippen molar-refractivity contribution in [2.75, 3.05) is 26.5 Å². The van der Waals surface area contributed by atoms with Crippen LogP contribution in [0.4, 0.5) is 0 Å². The van der Waals surface area contributed by atoms with Crippen molar-refractivity contribution in [3.05, 3.63) is 18.2 Å². The van der Waals surface area contributed by atoms with E-state index in [4.69, 9.17) is 14.7 Å². The Hall–Kier alpha value is -1.87. The Bertz CT molecular complexity index is 600. The molecule has 2 unspecified atom stereocenters. The lowest BCUT2D eigenvalue weighted by molar-refractivity contribution is -0.127. The highest BCUT2D eigenvalue weighted by atomic mass is 32.2. The van der Waals surface area contributed by atoms with Crippen LogP contribution in [0.1, 0.15) is 25.7 Å². The molecular formula is C18H24N2O3S. The Kier molecular flexibility index (Phi) is 7.26. The minimum Gasteiger partial charge on any atom is -0.493 e. The van der Waals surface area contributed by atoms with Crippen LogP contribution in [-0.4, -0.2) is 32.4 Å². The summed E-state index contributed by atoms with van der Waals surface area (Å²) in [5.74, 6) is 2.70. The molecule has 0 bridgehead atoms. The number of amides is 1. The molecular weight excluding hydrogens is 324 g/mol. The van der Waals surface area contributed by atoms with Crippen LogP contribution in [0.2, 0.25) is 0 Å². The smallest absolute Gasteiger partial charge is 0.224 e. The van der Waals surface area contributed by atoms with Gasteiger partial charge in [0.15, 0.2) is 11.5 Å². The second kappa shape index (κ2) is 9.43. The van der Waals surface area contributed by atoms with E-state index in [0.717, 1.165) is 35.7 Å². The normalized spacial score (nSPS) is 20.0. The molecule has 0 spiro atoms. The second-order valence-electron chi connectivity index (χ2n) is 5.85. The number of nitriles is 1. The highest BCUT2D eigenvalue weighted by molar-refractivity contribution is 7.99. The second-order valence-corrected chi connectivity index (χ2v) is 6.95. The number of nitrogens with one attached hydrogen (secondary N) is 1. The lowest BCUT2D eigenvalue weighted by atomic mass is 9.80. The van der Waals surface area contributed by atoms with Gasteiger partial charge in [-0.3, -0.25) is 4.79 Å². The molecule has 1 amide bonds. The highest BCUT2D eigenvalue weighted by Crippen LogP contribution is 2.37. The number of thioether (sulfide) groups is 1. The molecule has 2 rings (SSSR count). The van der Waals surface area contributed by atoms with Gasteiger partial charge >= 0.3 is 0 Å². The van der Waals surface area contributed by atoms with Crippen LogP contribution in [0.5, 0.6) is 11.5 Å². The average molecular weight is 348 g/mol. The maximum absolute atomic E-state index is 12.3. The predicted octanol–water partition coefficient (Wildman–Crippen LogP) is 3.24. The first kappa shape index (κ1) is 18.5. The number of carbonyl (C=O) groups is 1. The third-order valence-corrected chi connectivity index (χ3v) is 5.59. The van der Waals surface area contributed by atoms with Crippen LogP contribution in [0.25, 0.3) is 0 Å². The SMILES string of the molecule is COc1ccc(SCC2CCCCC2C(=O)NCC#N)cc1OC. The molecule has 0 aromatic heterocycles. The Morgan fingerprint density at radius 2 is 2.04 bits per heavy atom. The molecule has 0 heterocycles. The van der Waals surface area contributed by atoms with Crippen LogP contribution in [-0.2, 0) is 4.79 Å². The molecule has 0 aliphatic heterocycles. The van der Waals surface area contributed by atoms with Crippen molar-refractivity contribution in [2.45, 2.75) is 30.6 Å². The zero-order chi connectivity index (χ0) is 17.4. The maximum Gasteiger partial charge on any atom is 0.224 e. The molecule has 1 fully saturated rings. The van der Waals surface area contributed by atoms with E-state index in [9.17, 15) is 4.79 Å². The number of benzene rings is 1. The molecule has 1 aromatic rings. The molecule has 6 heteroatoms. The lowest BCUT2D eigenvalue weighted by Crippen LogP contribution is -2.37. The fourth-order valence-electron chi connectivity index (χ4n) is 3.12. The number of rotatable bonds is 7. The van der Waals surface area contributed by atoms with Gasteiger partial charge in [-0.05, 0) is 37.0 Å². The fraction of sp³-hybridized carbons (Fsp3) is 0.556. The molecule has 1 aromatic carbocycles. The standard InChI is InChI=1S/C18H24N2O3S/c1-22-16-8-7-14(11-17(16)23-2)24-12-13-5-3-4-6-15(13)18(21)20-10-9-19/h7-8,11,13,15H,3-6,10,12H2,1-2H3,(H,20,21). The minimum atomic E-state index is 0.0137. The molecule has 1 saturated carbocycles. The van der Waals surface area contributed by atoms with Crippen LogP contribution >= 0.6 is 11.8 Å². The summed E-state index contributed by atoms with van der Waals surface area (Å²) in [6.07, 6.45) is 4.22. The zero-order valence-electron chi connectivity index (χ0n) is 14.2. The summed E-state index contributed by atoms with van der Waals surface area (Å²) < 4.78 is 10.6. The Morgan fingerprint density at radius 1 is 1.29 bits per heavy atom. The molecule has 130 valence electrons. The summed E-state index contributed by atoms with van der Waals surface area (Å²) in [5.41, 5.74) is 0. The molecule has 1 aliphatic rings. The van der Waals surface area contributed by atoms with Crippen molar-refractivity contribution in [2.24, 2.45) is 11.8 Å². The summed E-state index contributed by atoms with van der Waals surface area (Å²) in [5, 5.41) is 11.4. The first-order valence-electron chi connectivity index (χ1n) is 8.19. The Morgan fingerprint density at radius 3 is 2.75 bits per heavy atom. The maximum atomic E-state index is 12.3. The Labute approximate surface area is 147 Å². The van der Waals surface area contributed by atoms with Gasteiger partial charge < -0.3 is 14.8 Å². The van der Waals surface area contributed by atoms with E-state index >= 15 is 0 Å². The summed E-state index contributed by atoms with van der Waals surface area (Å²) in [4.78, 5) is 13.4.